The first-order chi connectivity index (χ1) is 13.8. The summed E-state index contributed by atoms with van der Waals surface area (Å²) in [6.07, 6.45) is 1.62. The van der Waals surface area contributed by atoms with E-state index in [2.05, 4.69) is 15.7 Å². The fraction of sp³-hybridized carbons (Fsp3) is 0.190. The van der Waals surface area contributed by atoms with Crippen molar-refractivity contribution in [3.05, 3.63) is 71.7 Å². The average Bonchev–Trinajstić information content (AvgIpc) is 3.12. The second-order valence-corrected chi connectivity index (χ2v) is 7.03. The molecule has 1 aliphatic heterocycles. The van der Waals surface area contributed by atoms with E-state index >= 15 is 0 Å². The summed E-state index contributed by atoms with van der Waals surface area (Å²) in [4.78, 5) is 25.3. The molecule has 4 rings (SSSR count). The van der Waals surface area contributed by atoms with Crippen molar-refractivity contribution in [3.8, 4) is 5.75 Å². The van der Waals surface area contributed by atoms with Gasteiger partial charge in [0.15, 0.2) is 5.82 Å². The number of aromatic nitrogens is 2. The highest BCUT2D eigenvalue weighted by atomic mass is 19.1. The largest absolute Gasteiger partial charge is 0.466 e. The summed E-state index contributed by atoms with van der Waals surface area (Å²) in [7, 11) is 0. The van der Waals surface area contributed by atoms with Gasteiger partial charge in [-0.1, -0.05) is 24.3 Å². The van der Waals surface area contributed by atoms with Crippen molar-refractivity contribution in [1.29, 1.82) is 0 Å². The predicted octanol–water partition coefficient (Wildman–Crippen LogP) is 3.11. The minimum Gasteiger partial charge on any atom is -0.466 e. The second-order valence-electron chi connectivity index (χ2n) is 7.03. The number of fused-ring (bicyclic) bond motifs is 1. The monoisotopic (exact) mass is 394 g/mol. The summed E-state index contributed by atoms with van der Waals surface area (Å²) < 4.78 is 21.0. The minimum absolute atomic E-state index is 0.212. The lowest BCUT2D eigenvalue weighted by Crippen LogP contribution is -2.56. The van der Waals surface area contributed by atoms with Gasteiger partial charge in [-0.15, -0.1) is 0 Å². The lowest BCUT2D eigenvalue weighted by Gasteiger charge is -2.33. The van der Waals surface area contributed by atoms with E-state index in [-0.39, 0.29) is 18.2 Å². The molecular weight excluding hydrogens is 375 g/mol. The van der Waals surface area contributed by atoms with E-state index in [1.807, 2.05) is 13.0 Å². The Labute approximate surface area is 166 Å². The Hall–Kier alpha value is -3.68. The van der Waals surface area contributed by atoms with Crippen molar-refractivity contribution in [2.24, 2.45) is 0 Å². The zero-order chi connectivity index (χ0) is 20.6. The van der Waals surface area contributed by atoms with E-state index in [1.165, 1.54) is 17.7 Å². The molecule has 0 bridgehead atoms. The van der Waals surface area contributed by atoms with Gasteiger partial charge in [0, 0.05) is 17.8 Å². The molecule has 0 spiro atoms. The van der Waals surface area contributed by atoms with E-state index in [4.69, 9.17) is 4.74 Å². The Bertz CT molecular complexity index is 1110. The molecule has 2 amide bonds. The second kappa shape index (κ2) is 7.05. The summed E-state index contributed by atoms with van der Waals surface area (Å²) in [6, 6.07) is 13.3. The third-order valence-electron chi connectivity index (χ3n) is 4.74. The molecule has 0 fully saturated rings. The van der Waals surface area contributed by atoms with Crippen LogP contribution < -0.4 is 15.4 Å². The molecule has 8 heteroatoms. The number of hydrogen-bond donors (Lipinski definition) is 2. The molecule has 3 aromatic rings. The lowest BCUT2D eigenvalue weighted by atomic mass is 10.0. The van der Waals surface area contributed by atoms with Gasteiger partial charge in [-0.25, -0.2) is 4.39 Å². The van der Waals surface area contributed by atoms with Crippen LogP contribution in [0.4, 0.5) is 15.9 Å². The first-order valence-corrected chi connectivity index (χ1v) is 9.04. The Morgan fingerprint density at radius 2 is 2.07 bits per heavy atom. The fourth-order valence-corrected chi connectivity index (χ4v) is 3.04. The number of benzene rings is 2. The average molecular weight is 394 g/mol. The van der Waals surface area contributed by atoms with Crippen molar-refractivity contribution >= 4 is 23.3 Å². The Morgan fingerprint density at radius 3 is 2.86 bits per heavy atom. The van der Waals surface area contributed by atoms with Gasteiger partial charge >= 0.3 is 0 Å². The number of carbonyl (C=O) groups is 2. The van der Waals surface area contributed by atoms with Crippen molar-refractivity contribution in [1.82, 2.24) is 9.78 Å². The molecule has 2 aromatic carbocycles. The molecule has 148 valence electrons. The number of aryl methyl sites for hydroxylation is 1. The van der Waals surface area contributed by atoms with Crippen LogP contribution >= 0.6 is 0 Å². The topological polar surface area (TPSA) is 85.3 Å². The Balaban J connectivity index is 1.49. The molecule has 1 aromatic heterocycles. The van der Waals surface area contributed by atoms with Crippen LogP contribution in [0.25, 0.3) is 0 Å². The Morgan fingerprint density at radius 1 is 1.28 bits per heavy atom. The normalized spacial score (nSPS) is 17.8. The third-order valence-corrected chi connectivity index (χ3v) is 4.74. The molecule has 1 aliphatic rings. The van der Waals surface area contributed by atoms with Crippen LogP contribution in [-0.2, 0) is 16.1 Å². The van der Waals surface area contributed by atoms with Gasteiger partial charge in [0.05, 0.1) is 12.2 Å². The van der Waals surface area contributed by atoms with Crippen LogP contribution in [0.2, 0.25) is 0 Å². The van der Waals surface area contributed by atoms with Gasteiger partial charge in [0.25, 0.3) is 17.4 Å². The number of nitrogens with zero attached hydrogens (tertiary/aromatic N) is 2. The number of halogens is 1. The molecule has 0 saturated heterocycles. The maximum atomic E-state index is 13.8. The summed E-state index contributed by atoms with van der Waals surface area (Å²) >= 11 is 0. The molecule has 7 nitrogen and oxygen atoms in total. The third kappa shape index (κ3) is 3.56. The zero-order valence-corrected chi connectivity index (χ0v) is 15.9. The molecule has 1 unspecified atom stereocenters. The van der Waals surface area contributed by atoms with E-state index in [1.54, 1.807) is 42.6 Å². The fourth-order valence-electron chi connectivity index (χ4n) is 3.04. The molecule has 0 saturated carbocycles. The van der Waals surface area contributed by atoms with Gasteiger partial charge in [-0.3, -0.25) is 14.3 Å². The van der Waals surface area contributed by atoms with E-state index in [0.717, 1.165) is 5.56 Å². The number of carbonyl (C=O) groups excluding carboxylic acids is 2. The van der Waals surface area contributed by atoms with Crippen molar-refractivity contribution in [3.63, 3.8) is 0 Å². The molecule has 0 aliphatic carbocycles. The van der Waals surface area contributed by atoms with Gasteiger partial charge in [-0.2, -0.15) is 5.10 Å². The van der Waals surface area contributed by atoms with Crippen LogP contribution in [0.5, 0.6) is 5.75 Å². The van der Waals surface area contributed by atoms with E-state index in [0.29, 0.717) is 17.0 Å². The van der Waals surface area contributed by atoms with Crippen molar-refractivity contribution < 1.29 is 18.7 Å². The molecule has 0 radical (unpaired) electrons. The number of rotatable bonds is 4. The minimum atomic E-state index is -1.75. The zero-order valence-electron chi connectivity index (χ0n) is 15.9. The SMILES string of the molecule is Cc1ccc2c(c1)NC(=O)C(C)(C(=O)Nc1ccn(Cc3ccccc3F)n1)O2. The molecular formula is C21H19FN4O3. The molecule has 2 heterocycles. The van der Waals surface area contributed by atoms with Gasteiger partial charge in [-0.05, 0) is 37.6 Å². The number of amides is 2. The summed E-state index contributed by atoms with van der Waals surface area (Å²) in [5, 5.41) is 9.53. The predicted molar refractivity (Wildman–Crippen MR) is 105 cm³/mol. The van der Waals surface area contributed by atoms with Gasteiger partial charge < -0.3 is 15.4 Å². The number of anilines is 2. The van der Waals surface area contributed by atoms with E-state index in [9.17, 15) is 14.0 Å². The maximum absolute atomic E-state index is 13.8. The van der Waals surface area contributed by atoms with Crippen molar-refractivity contribution in [2.45, 2.75) is 26.0 Å². The van der Waals surface area contributed by atoms with Crippen molar-refractivity contribution in [2.75, 3.05) is 10.6 Å². The number of nitrogens with one attached hydrogen (secondary N) is 2. The maximum Gasteiger partial charge on any atom is 0.279 e. The number of ether oxygens (including phenoxy) is 1. The molecule has 1 atom stereocenters. The summed E-state index contributed by atoms with van der Waals surface area (Å²) in [6.45, 7) is 3.50. The standard InChI is InChI=1S/C21H19FN4O3/c1-13-7-8-17-16(11-13)23-19(27)21(2,29-17)20(28)24-18-9-10-26(25-18)12-14-5-3-4-6-15(14)22/h3-11H,12H2,1-2H3,(H,23,27)(H,24,25,28). The molecule has 29 heavy (non-hydrogen) atoms. The van der Waals surface area contributed by atoms with E-state index < -0.39 is 17.4 Å². The van der Waals surface area contributed by atoms with Crippen LogP contribution in [0, 0.1) is 12.7 Å². The smallest absolute Gasteiger partial charge is 0.279 e. The molecule has 2 N–H and O–H groups in total. The first kappa shape index (κ1) is 18.7. The van der Waals surface area contributed by atoms with Crippen LogP contribution in [0.3, 0.4) is 0 Å². The van der Waals surface area contributed by atoms with Crippen LogP contribution in [-0.4, -0.2) is 27.2 Å². The quantitative estimate of drug-likeness (QED) is 0.666. The highest BCUT2D eigenvalue weighted by Crippen LogP contribution is 2.34. The number of hydrogen-bond acceptors (Lipinski definition) is 4. The highest BCUT2D eigenvalue weighted by Gasteiger charge is 2.47. The Kier molecular flexibility index (Phi) is 4.54. The lowest BCUT2D eigenvalue weighted by molar-refractivity contribution is -0.143. The van der Waals surface area contributed by atoms with Gasteiger partial charge in [0.1, 0.15) is 11.6 Å². The van der Waals surface area contributed by atoms with Crippen LogP contribution in [0.15, 0.2) is 54.7 Å². The summed E-state index contributed by atoms with van der Waals surface area (Å²) in [5.41, 5.74) is 0.204. The van der Waals surface area contributed by atoms with Gasteiger partial charge in [0.2, 0.25) is 0 Å². The highest BCUT2D eigenvalue weighted by molar-refractivity contribution is 6.18. The first-order valence-electron chi connectivity index (χ1n) is 9.04. The van der Waals surface area contributed by atoms with Crippen LogP contribution in [0.1, 0.15) is 18.1 Å². The summed E-state index contributed by atoms with van der Waals surface area (Å²) in [5.74, 6) is -0.907.